The van der Waals surface area contributed by atoms with Crippen molar-refractivity contribution < 1.29 is 33.8 Å². The van der Waals surface area contributed by atoms with Gasteiger partial charge in [0.15, 0.2) is 0 Å². The molecule has 3 N–H and O–H groups in total. The molecule has 0 bridgehead atoms. The summed E-state index contributed by atoms with van der Waals surface area (Å²) in [6, 6.07) is 4.79. The lowest BCUT2D eigenvalue weighted by molar-refractivity contribution is -0.138. The highest BCUT2D eigenvalue weighted by Crippen LogP contribution is 2.37. The lowest BCUT2D eigenvalue weighted by Crippen LogP contribution is -2.52. The minimum absolute atomic E-state index is 0.0307. The van der Waals surface area contributed by atoms with Crippen molar-refractivity contribution in [1.82, 2.24) is 14.8 Å². The molecular weight excluding hydrogens is 480 g/mol. The first kappa shape index (κ1) is 26.0. The van der Waals surface area contributed by atoms with Crippen molar-refractivity contribution in [1.29, 1.82) is 0 Å². The number of rotatable bonds is 8. The zero-order valence-electron chi connectivity index (χ0n) is 19.5. The van der Waals surface area contributed by atoms with Crippen molar-refractivity contribution in [3.63, 3.8) is 0 Å². The van der Waals surface area contributed by atoms with Crippen molar-refractivity contribution in [2.45, 2.75) is 25.7 Å². The van der Waals surface area contributed by atoms with E-state index in [4.69, 9.17) is 26.8 Å². The highest BCUT2D eigenvalue weighted by atomic mass is 35.5. The predicted molar refractivity (Wildman–Crippen MR) is 127 cm³/mol. The Hall–Kier alpha value is -3.60. The van der Waals surface area contributed by atoms with Crippen molar-refractivity contribution in [2.75, 3.05) is 39.9 Å². The number of pyridine rings is 1. The smallest absolute Gasteiger partial charge is 0.409 e. The Labute approximate surface area is 206 Å². The topological polar surface area (TPSA) is 152 Å². The molecule has 1 aliphatic rings. The molecule has 0 radical (unpaired) electrons. The van der Waals surface area contributed by atoms with Crippen LogP contribution in [0.3, 0.4) is 0 Å². The van der Waals surface area contributed by atoms with Gasteiger partial charge < -0.3 is 30.1 Å². The molecule has 1 atom stereocenters. The van der Waals surface area contributed by atoms with Gasteiger partial charge in [-0.2, -0.15) is 0 Å². The van der Waals surface area contributed by atoms with E-state index in [1.54, 1.807) is 25.1 Å². The molecule has 1 aromatic carbocycles. The first-order valence-corrected chi connectivity index (χ1v) is 11.4. The summed E-state index contributed by atoms with van der Waals surface area (Å²) in [5.41, 5.74) is 5.99. The lowest BCUT2D eigenvalue weighted by atomic mass is 9.91. The minimum Gasteiger partial charge on any atom is -0.495 e. The second kappa shape index (κ2) is 11.2. The van der Waals surface area contributed by atoms with Gasteiger partial charge in [0, 0.05) is 43.0 Å². The number of carboxylic acids is 1. The zero-order valence-corrected chi connectivity index (χ0v) is 20.2. The monoisotopic (exact) mass is 506 g/mol. The Morgan fingerprint density at radius 3 is 2.40 bits per heavy atom. The summed E-state index contributed by atoms with van der Waals surface area (Å²) < 4.78 is 10.5. The summed E-state index contributed by atoms with van der Waals surface area (Å²) in [5.74, 6) is -3.34. The average Bonchev–Trinajstić information content (AvgIpc) is 2.82. The van der Waals surface area contributed by atoms with Crippen LogP contribution in [0.15, 0.2) is 18.2 Å². The predicted octanol–water partition coefficient (Wildman–Crippen LogP) is 2.24. The van der Waals surface area contributed by atoms with Crippen LogP contribution in [0.5, 0.6) is 5.75 Å². The lowest BCUT2D eigenvalue weighted by Gasteiger charge is -2.36. The van der Waals surface area contributed by atoms with Crippen LogP contribution in [0.4, 0.5) is 4.79 Å². The largest absolute Gasteiger partial charge is 0.495 e. The first-order chi connectivity index (χ1) is 16.7. The fourth-order valence-corrected chi connectivity index (χ4v) is 4.28. The van der Waals surface area contributed by atoms with E-state index < -0.39 is 29.8 Å². The SMILES string of the molecule is CCOC(=O)N1CCN(C(=O)C(CCC(=O)O)c2nc3cc(Cl)ccc3c(OC)c2C(N)=O)CC1. The number of carbonyl (C=O) groups is 4. The maximum atomic E-state index is 13.6. The summed E-state index contributed by atoms with van der Waals surface area (Å²) in [7, 11) is 1.36. The number of benzene rings is 1. The molecule has 1 unspecified atom stereocenters. The molecule has 3 rings (SSSR count). The maximum absolute atomic E-state index is 13.6. The van der Waals surface area contributed by atoms with E-state index in [0.717, 1.165) is 0 Å². The number of nitrogens with two attached hydrogens (primary N) is 1. The van der Waals surface area contributed by atoms with Gasteiger partial charge in [0.05, 0.1) is 30.8 Å². The van der Waals surface area contributed by atoms with Gasteiger partial charge in [-0.05, 0) is 31.5 Å². The van der Waals surface area contributed by atoms with Crippen LogP contribution >= 0.6 is 11.6 Å². The molecule has 0 aliphatic carbocycles. The van der Waals surface area contributed by atoms with Crippen LogP contribution in [0.1, 0.15) is 41.7 Å². The number of amides is 3. The van der Waals surface area contributed by atoms with Gasteiger partial charge in [-0.25, -0.2) is 4.79 Å². The molecule has 1 fully saturated rings. The Morgan fingerprint density at radius 2 is 1.83 bits per heavy atom. The molecule has 12 heteroatoms. The van der Waals surface area contributed by atoms with E-state index in [9.17, 15) is 24.3 Å². The molecule has 3 amide bonds. The molecule has 188 valence electrons. The number of aliphatic carboxylic acids is 1. The average molecular weight is 507 g/mol. The summed E-state index contributed by atoms with van der Waals surface area (Å²) in [4.78, 5) is 57.1. The number of fused-ring (bicyclic) bond motifs is 1. The zero-order chi connectivity index (χ0) is 25.7. The molecular formula is C23H27ClN4O7. The van der Waals surface area contributed by atoms with Gasteiger partial charge in [0.2, 0.25) is 5.91 Å². The molecule has 1 aromatic heterocycles. The molecule has 2 heterocycles. The van der Waals surface area contributed by atoms with Crippen LogP contribution < -0.4 is 10.5 Å². The van der Waals surface area contributed by atoms with Gasteiger partial charge in [0.25, 0.3) is 5.91 Å². The number of piperazine rings is 1. The van der Waals surface area contributed by atoms with Gasteiger partial charge >= 0.3 is 12.1 Å². The maximum Gasteiger partial charge on any atom is 0.409 e. The molecule has 0 saturated carbocycles. The Balaban J connectivity index is 2.04. The van der Waals surface area contributed by atoms with Crippen molar-refractivity contribution in [3.05, 3.63) is 34.5 Å². The van der Waals surface area contributed by atoms with E-state index in [0.29, 0.717) is 15.9 Å². The number of nitrogens with zero attached hydrogens (tertiary/aromatic N) is 3. The van der Waals surface area contributed by atoms with Crippen molar-refractivity contribution in [2.24, 2.45) is 5.73 Å². The first-order valence-electron chi connectivity index (χ1n) is 11.1. The summed E-state index contributed by atoms with van der Waals surface area (Å²) in [5, 5.41) is 10.2. The molecule has 0 spiro atoms. The molecule has 1 saturated heterocycles. The Kier molecular flexibility index (Phi) is 8.34. The summed E-state index contributed by atoms with van der Waals surface area (Å²) in [6.07, 6.45) is -0.917. The fourth-order valence-electron chi connectivity index (χ4n) is 4.12. The van der Waals surface area contributed by atoms with E-state index >= 15 is 0 Å². The molecule has 11 nitrogen and oxygen atoms in total. The summed E-state index contributed by atoms with van der Waals surface area (Å²) >= 11 is 6.13. The van der Waals surface area contributed by atoms with Gasteiger partial charge in [-0.1, -0.05) is 11.6 Å². The number of hydrogen-bond acceptors (Lipinski definition) is 7. The fraction of sp³-hybridized carbons (Fsp3) is 0.435. The molecule has 1 aliphatic heterocycles. The normalized spacial score (nSPS) is 14.5. The third-order valence-electron chi connectivity index (χ3n) is 5.77. The quantitative estimate of drug-likeness (QED) is 0.552. The van der Waals surface area contributed by atoms with Gasteiger partial charge in [-0.3, -0.25) is 19.4 Å². The number of carboxylic acid groups (broad SMARTS) is 1. The van der Waals surface area contributed by atoms with E-state index in [-0.39, 0.29) is 62.6 Å². The third-order valence-corrected chi connectivity index (χ3v) is 6.01. The third kappa shape index (κ3) is 5.73. The Bertz CT molecular complexity index is 1150. The van der Waals surface area contributed by atoms with Gasteiger partial charge in [-0.15, -0.1) is 0 Å². The van der Waals surface area contributed by atoms with Crippen LogP contribution in [0.25, 0.3) is 10.9 Å². The molecule has 2 aromatic rings. The van der Waals surface area contributed by atoms with Crippen LogP contribution in [-0.4, -0.2) is 83.7 Å². The Morgan fingerprint density at radius 1 is 1.17 bits per heavy atom. The van der Waals surface area contributed by atoms with Crippen LogP contribution in [0.2, 0.25) is 5.02 Å². The van der Waals surface area contributed by atoms with Gasteiger partial charge in [0.1, 0.15) is 11.3 Å². The standard InChI is InChI=1S/C23H27ClN4O7/c1-3-35-23(33)28-10-8-27(9-11-28)22(32)15(6-7-17(29)30)19-18(21(25)31)20(34-2)14-5-4-13(24)12-16(14)26-19/h4-5,12,15H,3,6-11H2,1-2H3,(H2,25,31)(H,29,30). The number of aromatic nitrogens is 1. The number of methoxy groups -OCH3 is 1. The number of carbonyl (C=O) groups excluding carboxylic acids is 3. The second-order valence-electron chi connectivity index (χ2n) is 7.93. The minimum atomic E-state index is -1.11. The summed E-state index contributed by atoms with van der Waals surface area (Å²) in [6.45, 7) is 2.88. The van der Waals surface area contributed by atoms with Crippen molar-refractivity contribution in [3.8, 4) is 5.75 Å². The number of primary amides is 1. The van der Waals surface area contributed by atoms with Crippen molar-refractivity contribution >= 4 is 46.4 Å². The van der Waals surface area contributed by atoms with E-state index in [2.05, 4.69) is 4.98 Å². The highest BCUT2D eigenvalue weighted by molar-refractivity contribution is 6.31. The second-order valence-corrected chi connectivity index (χ2v) is 8.36. The molecule has 35 heavy (non-hydrogen) atoms. The van der Waals surface area contributed by atoms with Crippen LogP contribution in [-0.2, 0) is 14.3 Å². The van der Waals surface area contributed by atoms with E-state index in [1.165, 1.54) is 16.9 Å². The van der Waals surface area contributed by atoms with E-state index in [1.807, 2.05) is 0 Å². The van der Waals surface area contributed by atoms with Crippen LogP contribution in [0, 0.1) is 0 Å². The number of halogens is 1. The number of ether oxygens (including phenoxy) is 2. The highest BCUT2D eigenvalue weighted by Gasteiger charge is 2.35. The number of hydrogen-bond donors (Lipinski definition) is 2.